The van der Waals surface area contributed by atoms with Crippen molar-refractivity contribution >= 4 is 15.9 Å². The van der Waals surface area contributed by atoms with Crippen LogP contribution in [0.15, 0.2) is 47.4 Å². The highest BCUT2D eigenvalue weighted by atomic mass is 32.2. The average Bonchev–Trinajstić information content (AvgIpc) is 3.44. The van der Waals surface area contributed by atoms with Crippen molar-refractivity contribution < 1.29 is 17.9 Å². The van der Waals surface area contributed by atoms with Crippen LogP contribution in [-0.2, 0) is 10.0 Å². The fourth-order valence-electron chi connectivity index (χ4n) is 2.94. The number of benzene rings is 2. The molecule has 0 unspecified atom stereocenters. The molecule has 144 valence electrons. The summed E-state index contributed by atoms with van der Waals surface area (Å²) in [5, 5.41) is 2.93. The first-order valence-electron chi connectivity index (χ1n) is 8.88. The van der Waals surface area contributed by atoms with E-state index in [2.05, 4.69) is 10.0 Å². The lowest BCUT2D eigenvalue weighted by Crippen LogP contribution is -2.29. The van der Waals surface area contributed by atoms with Crippen LogP contribution in [0.1, 0.15) is 47.3 Å². The average molecular weight is 388 g/mol. The van der Waals surface area contributed by atoms with Gasteiger partial charge in [0.2, 0.25) is 10.0 Å². The number of methoxy groups -OCH3 is 1. The third-order valence-electron chi connectivity index (χ3n) is 4.62. The highest BCUT2D eigenvalue weighted by Gasteiger charge is 2.30. The lowest BCUT2D eigenvalue weighted by atomic mass is 10.0. The monoisotopic (exact) mass is 388 g/mol. The van der Waals surface area contributed by atoms with E-state index in [0.717, 1.165) is 24.0 Å². The van der Waals surface area contributed by atoms with Crippen molar-refractivity contribution in [2.45, 2.75) is 43.7 Å². The van der Waals surface area contributed by atoms with Crippen LogP contribution in [0.2, 0.25) is 0 Å². The van der Waals surface area contributed by atoms with E-state index in [-0.39, 0.29) is 34.2 Å². The maximum atomic E-state index is 12.7. The summed E-state index contributed by atoms with van der Waals surface area (Å²) >= 11 is 0. The molecule has 0 heterocycles. The molecule has 0 bridgehead atoms. The predicted molar refractivity (Wildman–Crippen MR) is 103 cm³/mol. The molecule has 27 heavy (non-hydrogen) atoms. The summed E-state index contributed by atoms with van der Waals surface area (Å²) in [7, 11) is -2.33. The fourth-order valence-corrected chi connectivity index (χ4v) is 4.44. The van der Waals surface area contributed by atoms with Crippen LogP contribution >= 0.6 is 0 Å². The molecule has 1 saturated carbocycles. The number of aryl methyl sites for hydroxylation is 1. The summed E-state index contributed by atoms with van der Waals surface area (Å²) in [5.41, 5.74) is 2.37. The first-order chi connectivity index (χ1) is 12.8. The van der Waals surface area contributed by atoms with E-state index in [0.29, 0.717) is 0 Å². The summed E-state index contributed by atoms with van der Waals surface area (Å²) in [6.45, 7) is 3.88. The quantitative estimate of drug-likeness (QED) is 0.764. The third-order valence-corrected chi connectivity index (χ3v) is 6.16. The standard InChI is InChI=1S/C20H24N2O4S/c1-13-6-4-5-7-17(13)14(2)21-20(23)15-8-11-18(26-3)19(12-15)27(24,25)22-16-9-10-16/h4-8,11-12,14,16,22H,9-10H2,1-3H3,(H,21,23)/t14-/m1/s1. The molecule has 1 amide bonds. The van der Waals surface area contributed by atoms with Gasteiger partial charge in [-0.15, -0.1) is 0 Å². The van der Waals surface area contributed by atoms with Crippen molar-refractivity contribution in [3.05, 3.63) is 59.2 Å². The number of nitrogens with one attached hydrogen (secondary N) is 2. The molecule has 1 aliphatic carbocycles. The zero-order valence-electron chi connectivity index (χ0n) is 15.7. The highest BCUT2D eigenvalue weighted by molar-refractivity contribution is 7.89. The van der Waals surface area contributed by atoms with Gasteiger partial charge in [-0.1, -0.05) is 24.3 Å². The van der Waals surface area contributed by atoms with E-state index in [1.807, 2.05) is 38.1 Å². The lowest BCUT2D eigenvalue weighted by molar-refractivity contribution is 0.0939. The molecule has 6 nitrogen and oxygen atoms in total. The largest absolute Gasteiger partial charge is 0.495 e. The molecule has 1 fully saturated rings. The molecule has 0 spiro atoms. The van der Waals surface area contributed by atoms with Gasteiger partial charge in [-0.25, -0.2) is 13.1 Å². The van der Waals surface area contributed by atoms with Gasteiger partial charge in [-0.05, 0) is 56.0 Å². The van der Waals surface area contributed by atoms with Gasteiger partial charge in [-0.2, -0.15) is 0 Å². The first kappa shape index (κ1) is 19.4. The second-order valence-corrected chi connectivity index (χ2v) is 8.50. The number of hydrogen-bond acceptors (Lipinski definition) is 4. The number of hydrogen-bond donors (Lipinski definition) is 2. The van der Waals surface area contributed by atoms with E-state index < -0.39 is 10.0 Å². The van der Waals surface area contributed by atoms with E-state index in [1.54, 1.807) is 6.07 Å². The molecule has 0 saturated heterocycles. The number of rotatable bonds is 7. The van der Waals surface area contributed by atoms with E-state index in [4.69, 9.17) is 4.74 Å². The zero-order chi connectivity index (χ0) is 19.6. The Kier molecular flexibility index (Phi) is 5.53. The van der Waals surface area contributed by atoms with Crippen LogP contribution in [0.5, 0.6) is 5.75 Å². The summed E-state index contributed by atoms with van der Waals surface area (Å²) in [6, 6.07) is 12.0. The maximum Gasteiger partial charge on any atom is 0.251 e. The highest BCUT2D eigenvalue weighted by Crippen LogP contribution is 2.28. The van der Waals surface area contributed by atoms with Crippen LogP contribution in [-0.4, -0.2) is 27.5 Å². The van der Waals surface area contributed by atoms with Crippen molar-refractivity contribution in [3.63, 3.8) is 0 Å². The van der Waals surface area contributed by atoms with Crippen molar-refractivity contribution in [2.24, 2.45) is 0 Å². The predicted octanol–water partition coefficient (Wildman–Crippen LogP) is 2.94. The molecule has 7 heteroatoms. The van der Waals surface area contributed by atoms with Crippen molar-refractivity contribution in [1.29, 1.82) is 0 Å². The minimum atomic E-state index is -3.74. The molecular weight excluding hydrogens is 364 g/mol. The Labute approximate surface area is 160 Å². The molecule has 1 aliphatic rings. The minimum Gasteiger partial charge on any atom is -0.495 e. The van der Waals surface area contributed by atoms with Crippen molar-refractivity contribution in [1.82, 2.24) is 10.0 Å². The van der Waals surface area contributed by atoms with E-state index >= 15 is 0 Å². The van der Waals surface area contributed by atoms with E-state index in [1.165, 1.54) is 19.2 Å². The SMILES string of the molecule is COc1ccc(C(=O)N[C@H](C)c2ccccc2C)cc1S(=O)(=O)NC1CC1. The summed E-state index contributed by atoms with van der Waals surface area (Å²) in [5.74, 6) is -0.122. The van der Waals surface area contributed by atoms with Crippen molar-refractivity contribution in [2.75, 3.05) is 7.11 Å². The number of amides is 1. The first-order valence-corrected chi connectivity index (χ1v) is 10.4. The topological polar surface area (TPSA) is 84.5 Å². The normalized spacial score (nSPS) is 15.2. The van der Waals surface area contributed by atoms with Crippen molar-refractivity contribution in [3.8, 4) is 5.75 Å². The van der Waals surface area contributed by atoms with Gasteiger partial charge in [0.25, 0.3) is 5.91 Å². The Morgan fingerprint density at radius 1 is 1.19 bits per heavy atom. The number of sulfonamides is 1. The number of carbonyl (C=O) groups excluding carboxylic acids is 1. The number of carbonyl (C=O) groups is 1. The van der Waals surface area contributed by atoms with Gasteiger partial charge < -0.3 is 10.1 Å². The second kappa shape index (κ2) is 7.70. The minimum absolute atomic E-state index is 0.0203. The Morgan fingerprint density at radius 2 is 1.89 bits per heavy atom. The Balaban J connectivity index is 1.85. The van der Waals surface area contributed by atoms with Crippen LogP contribution in [0.25, 0.3) is 0 Å². The van der Waals surface area contributed by atoms with Gasteiger partial charge in [0.1, 0.15) is 10.6 Å². The van der Waals surface area contributed by atoms with Gasteiger partial charge >= 0.3 is 0 Å². The molecule has 1 atom stereocenters. The summed E-state index contributed by atoms with van der Waals surface area (Å²) < 4.78 is 33.0. The van der Waals surface area contributed by atoms with Gasteiger partial charge in [0.15, 0.2) is 0 Å². The maximum absolute atomic E-state index is 12.7. The molecule has 0 aromatic heterocycles. The zero-order valence-corrected chi connectivity index (χ0v) is 16.5. The smallest absolute Gasteiger partial charge is 0.251 e. The summed E-state index contributed by atoms with van der Waals surface area (Å²) in [4.78, 5) is 12.7. The van der Waals surface area contributed by atoms with Gasteiger partial charge in [0.05, 0.1) is 13.2 Å². The third kappa shape index (κ3) is 4.48. The Hall–Kier alpha value is -2.38. The van der Waals surface area contributed by atoms with Crippen LogP contribution in [0, 0.1) is 6.92 Å². The fraction of sp³-hybridized carbons (Fsp3) is 0.350. The molecule has 2 N–H and O–H groups in total. The molecular formula is C20H24N2O4S. The Bertz CT molecular complexity index is 952. The van der Waals surface area contributed by atoms with E-state index in [9.17, 15) is 13.2 Å². The van der Waals surface area contributed by atoms with Gasteiger partial charge in [-0.3, -0.25) is 4.79 Å². The molecule has 3 rings (SSSR count). The lowest BCUT2D eigenvalue weighted by Gasteiger charge is -2.17. The number of ether oxygens (including phenoxy) is 1. The van der Waals surface area contributed by atoms with Crippen LogP contribution in [0.3, 0.4) is 0 Å². The molecule has 0 aliphatic heterocycles. The van der Waals surface area contributed by atoms with Gasteiger partial charge in [0, 0.05) is 11.6 Å². The molecule has 2 aromatic rings. The molecule has 0 radical (unpaired) electrons. The molecule has 2 aromatic carbocycles. The van der Waals surface area contributed by atoms with Crippen LogP contribution in [0.4, 0.5) is 0 Å². The summed E-state index contributed by atoms with van der Waals surface area (Å²) in [6.07, 6.45) is 1.66. The van der Waals surface area contributed by atoms with Crippen LogP contribution < -0.4 is 14.8 Å². The second-order valence-electron chi connectivity index (χ2n) is 6.81. The Morgan fingerprint density at radius 3 is 2.52 bits per heavy atom.